The monoisotopic (exact) mass is 441 g/mol. The molecule has 4 rings (SSSR count). The quantitative estimate of drug-likeness (QED) is 0.457. The Morgan fingerprint density at radius 1 is 1.20 bits per heavy atom. The predicted octanol–water partition coefficient (Wildman–Crippen LogP) is 4.52. The van der Waals surface area contributed by atoms with Crippen LogP contribution in [0.25, 0.3) is 0 Å². The number of hydrogen-bond donors (Lipinski definition) is 0. The predicted molar refractivity (Wildman–Crippen MR) is 121 cm³/mol. The molecule has 1 amide bonds. The number of benzene rings is 1. The molecule has 0 aliphatic heterocycles. The lowest BCUT2D eigenvalue weighted by Gasteiger charge is -2.22. The summed E-state index contributed by atoms with van der Waals surface area (Å²) in [6.45, 7) is 3.45. The third-order valence-corrected chi connectivity index (χ3v) is 7.37. The van der Waals surface area contributed by atoms with E-state index in [-0.39, 0.29) is 5.91 Å². The average molecular weight is 442 g/mol. The van der Waals surface area contributed by atoms with Gasteiger partial charge in [0.05, 0.1) is 18.3 Å². The second-order valence-corrected chi connectivity index (χ2v) is 10.0. The van der Waals surface area contributed by atoms with Crippen molar-refractivity contribution in [2.24, 2.45) is 0 Å². The molecule has 0 unspecified atom stereocenters. The van der Waals surface area contributed by atoms with E-state index >= 15 is 0 Å². The number of thioether (sulfide) groups is 1. The first kappa shape index (κ1) is 21.1. The highest BCUT2D eigenvalue weighted by Gasteiger charge is 2.23. The van der Waals surface area contributed by atoms with Crippen LogP contribution in [-0.4, -0.2) is 43.3 Å². The Hall–Kier alpha value is -2.19. The summed E-state index contributed by atoms with van der Waals surface area (Å²) in [6.07, 6.45) is 5.53. The zero-order chi connectivity index (χ0) is 20.8. The molecule has 0 atom stereocenters. The lowest BCUT2D eigenvalue weighted by molar-refractivity contribution is -0.128. The van der Waals surface area contributed by atoms with E-state index in [0.29, 0.717) is 24.9 Å². The highest BCUT2D eigenvalue weighted by atomic mass is 32.2. The van der Waals surface area contributed by atoms with Crippen molar-refractivity contribution in [3.8, 4) is 0 Å². The number of amides is 1. The van der Waals surface area contributed by atoms with E-state index in [1.165, 1.54) is 39.9 Å². The molecular weight excluding hydrogens is 414 g/mol. The van der Waals surface area contributed by atoms with Gasteiger partial charge in [0.15, 0.2) is 0 Å². The Kier molecular flexibility index (Phi) is 7.17. The zero-order valence-corrected chi connectivity index (χ0v) is 18.9. The van der Waals surface area contributed by atoms with Crippen molar-refractivity contribution in [1.29, 1.82) is 0 Å². The van der Waals surface area contributed by atoms with Crippen LogP contribution < -0.4 is 0 Å². The van der Waals surface area contributed by atoms with Gasteiger partial charge in [-0.15, -0.1) is 16.4 Å². The maximum atomic E-state index is 13.1. The molecule has 1 aliphatic carbocycles. The van der Waals surface area contributed by atoms with Gasteiger partial charge >= 0.3 is 0 Å². The molecule has 1 aromatic carbocycles. The van der Waals surface area contributed by atoms with Crippen molar-refractivity contribution in [1.82, 2.24) is 25.1 Å². The third-order valence-electron chi connectivity index (χ3n) is 5.47. The van der Waals surface area contributed by atoms with Crippen molar-refractivity contribution < 1.29 is 4.79 Å². The molecule has 0 spiro atoms. The standard InChI is InChI=1S/C22H27N5OS2/c1-17-11-12-20(30-17)15-26(14-13-18-7-3-2-4-8-18)21(28)16-29-22-23-24-25-27(22)19-9-5-6-10-19/h2-4,7-8,11-12,19H,5-6,9-10,13-16H2,1H3. The first-order chi connectivity index (χ1) is 14.7. The van der Waals surface area contributed by atoms with Crippen LogP contribution in [-0.2, 0) is 17.8 Å². The summed E-state index contributed by atoms with van der Waals surface area (Å²) < 4.78 is 1.92. The van der Waals surface area contributed by atoms with E-state index in [1.807, 2.05) is 27.8 Å². The minimum Gasteiger partial charge on any atom is -0.336 e. The van der Waals surface area contributed by atoms with Gasteiger partial charge in [-0.25, -0.2) is 4.68 Å². The topological polar surface area (TPSA) is 63.9 Å². The summed E-state index contributed by atoms with van der Waals surface area (Å²) in [5.74, 6) is 0.481. The van der Waals surface area contributed by atoms with Crippen LogP contribution in [0.5, 0.6) is 0 Å². The van der Waals surface area contributed by atoms with Gasteiger partial charge in [-0.05, 0) is 54.3 Å². The van der Waals surface area contributed by atoms with Crippen molar-refractivity contribution in [3.05, 3.63) is 57.8 Å². The molecule has 6 nitrogen and oxygen atoms in total. The molecule has 1 saturated carbocycles. The fourth-order valence-electron chi connectivity index (χ4n) is 3.83. The minimum atomic E-state index is 0.128. The molecule has 8 heteroatoms. The van der Waals surface area contributed by atoms with Gasteiger partial charge in [0.2, 0.25) is 11.1 Å². The number of rotatable bonds is 9. The third kappa shape index (κ3) is 5.49. The van der Waals surface area contributed by atoms with Gasteiger partial charge in [0.1, 0.15) is 0 Å². The Labute approximate surface area is 185 Å². The number of hydrogen-bond acceptors (Lipinski definition) is 6. The second kappa shape index (κ2) is 10.2. The fraction of sp³-hybridized carbons (Fsp3) is 0.455. The molecule has 3 aromatic rings. The number of carbonyl (C=O) groups excluding carboxylic acids is 1. The Balaban J connectivity index is 1.40. The molecule has 1 aliphatic rings. The first-order valence-electron chi connectivity index (χ1n) is 10.5. The van der Waals surface area contributed by atoms with Gasteiger partial charge in [0.25, 0.3) is 0 Å². The fourth-order valence-corrected chi connectivity index (χ4v) is 5.59. The summed E-state index contributed by atoms with van der Waals surface area (Å²) in [6, 6.07) is 14.9. The number of tetrazole rings is 1. The highest BCUT2D eigenvalue weighted by molar-refractivity contribution is 7.99. The Bertz CT molecular complexity index is 949. The summed E-state index contributed by atoms with van der Waals surface area (Å²) in [5.41, 5.74) is 1.25. The van der Waals surface area contributed by atoms with Crippen LogP contribution in [0.1, 0.15) is 47.0 Å². The van der Waals surface area contributed by atoms with Crippen LogP contribution in [0.4, 0.5) is 0 Å². The van der Waals surface area contributed by atoms with Crippen LogP contribution >= 0.6 is 23.1 Å². The zero-order valence-electron chi connectivity index (χ0n) is 17.2. The van der Waals surface area contributed by atoms with Gasteiger partial charge in [-0.1, -0.05) is 54.9 Å². The van der Waals surface area contributed by atoms with Crippen molar-refractivity contribution >= 4 is 29.0 Å². The largest absolute Gasteiger partial charge is 0.336 e. The van der Waals surface area contributed by atoms with Crippen LogP contribution in [0, 0.1) is 6.92 Å². The van der Waals surface area contributed by atoms with E-state index in [9.17, 15) is 4.79 Å². The molecule has 2 heterocycles. The number of carbonyl (C=O) groups is 1. The Morgan fingerprint density at radius 2 is 2.00 bits per heavy atom. The van der Waals surface area contributed by atoms with E-state index in [4.69, 9.17) is 0 Å². The summed E-state index contributed by atoms with van der Waals surface area (Å²) in [4.78, 5) is 17.6. The van der Waals surface area contributed by atoms with Crippen LogP contribution in [0.2, 0.25) is 0 Å². The molecule has 30 heavy (non-hydrogen) atoms. The lowest BCUT2D eigenvalue weighted by Crippen LogP contribution is -2.33. The molecule has 1 fully saturated rings. The maximum absolute atomic E-state index is 13.1. The van der Waals surface area contributed by atoms with E-state index in [1.54, 1.807) is 11.3 Å². The maximum Gasteiger partial charge on any atom is 0.233 e. The lowest BCUT2D eigenvalue weighted by atomic mass is 10.1. The average Bonchev–Trinajstić information content (AvgIpc) is 3.51. The summed E-state index contributed by atoms with van der Waals surface area (Å²) in [7, 11) is 0. The summed E-state index contributed by atoms with van der Waals surface area (Å²) >= 11 is 3.21. The van der Waals surface area contributed by atoms with E-state index in [2.05, 4.69) is 46.7 Å². The van der Waals surface area contributed by atoms with Crippen molar-refractivity contribution in [2.45, 2.75) is 56.8 Å². The highest BCUT2D eigenvalue weighted by Crippen LogP contribution is 2.31. The van der Waals surface area contributed by atoms with Crippen LogP contribution in [0.3, 0.4) is 0 Å². The molecule has 0 radical (unpaired) electrons. The number of nitrogens with zero attached hydrogens (tertiary/aromatic N) is 5. The normalized spacial score (nSPS) is 14.3. The van der Waals surface area contributed by atoms with Crippen molar-refractivity contribution in [3.63, 3.8) is 0 Å². The van der Waals surface area contributed by atoms with Gasteiger partial charge < -0.3 is 4.90 Å². The molecule has 0 saturated heterocycles. The minimum absolute atomic E-state index is 0.128. The molecule has 0 bridgehead atoms. The SMILES string of the molecule is Cc1ccc(CN(CCc2ccccc2)C(=O)CSc2nnnn2C2CCCC2)s1. The van der Waals surface area contributed by atoms with E-state index < -0.39 is 0 Å². The molecule has 2 aromatic heterocycles. The number of aryl methyl sites for hydroxylation is 1. The molecule has 0 N–H and O–H groups in total. The summed E-state index contributed by atoms with van der Waals surface area (Å²) in [5, 5.41) is 13.0. The van der Waals surface area contributed by atoms with Crippen molar-refractivity contribution in [2.75, 3.05) is 12.3 Å². The Morgan fingerprint density at radius 3 is 2.73 bits per heavy atom. The second-order valence-electron chi connectivity index (χ2n) is 7.70. The van der Waals surface area contributed by atoms with Gasteiger partial charge in [-0.3, -0.25) is 4.79 Å². The van der Waals surface area contributed by atoms with Gasteiger partial charge in [0, 0.05) is 16.3 Å². The number of thiophene rings is 1. The number of aromatic nitrogens is 4. The smallest absolute Gasteiger partial charge is 0.233 e. The van der Waals surface area contributed by atoms with E-state index in [0.717, 1.165) is 24.4 Å². The molecular formula is C22H27N5OS2. The molecule has 158 valence electrons. The van der Waals surface area contributed by atoms with Crippen LogP contribution in [0.15, 0.2) is 47.6 Å². The van der Waals surface area contributed by atoms with Gasteiger partial charge in [-0.2, -0.15) is 0 Å². The first-order valence-corrected chi connectivity index (χ1v) is 12.3.